The molecule has 0 spiro atoms. The first-order valence-electron chi connectivity index (χ1n) is 9.08. The molecule has 0 fully saturated rings. The number of amides is 1. The lowest BCUT2D eigenvalue weighted by Crippen LogP contribution is -2.14. The molecule has 1 N–H and O–H groups in total. The van der Waals surface area contributed by atoms with Gasteiger partial charge in [-0.25, -0.2) is 9.67 Å². The van der Waals surface area contributed by atoms with E-state index < -0.39 is 0 Å². The quantitative estimate of drug-likeness (QED) is 0.563. The maximum atomic E-state index is 12.7. The highest BCUT2D eigenvalue weighted by Gasteiger charge is 2.19. The first-order chi connectivity index (χ1) is 13.6. The zero-order valence-corrected chi connectivity index (χ0v) is 15.8. The monoisotopic (exact) mass is 368 g/mol. The molecule has 0 aliphatic carbocycles. The Balaban J connectivity index is 1.76. The van der Waals surface area contributed by atoms with Crippen molar-refractivity contribution in [3.8, 4) is 17.1 Å². The van der Waals surface area contributed by atoms with Gasteiger partial charge in [-0.05, 0) is 38.1 Å². The lowest BCUT2D eigenvalue weighted by molar-refractivity contribution is 0.101. The second-order valence-corrected chi connectivity index (χ2v) is 6.69. The molecule has 4 rings (SSSR count). The van der Waals surface area contributed by atoms with Crippen LogP contribution in [0.4, 0.5) is 5.69 Å². The summed E-state index contributed by atoms with van der Waals surface area (Å²) in [6, 6.07) is 25.3. The second kappa shape index (κ2) is 7.48. The van der Waals surface area contributed by atoms with Crippen molar-refractivity contribution < 1.29 is 4.79 Å². The summed E-state index contributed by atoms with van der Waals surface area (Å²) in [5.74, 6) is 0.410. The van der Waals surface area contributed by atoms with Crippen molar-refractivity contribution in [2.24, 2.45) is 0 Å². The highest BCUT2D eigenvalue weighted by molar-refractivity contribution is 6.01. The van der Waals surface area contributed by atoms with E-state index >= 15 is 0 Å². The van der Waals surface area contributed by atoms with Crippen molar-refractivity contribution >= 4 is 11.6 Å². The first kappa shape index (κ1) is 17.7. The van der Waals surface area contributed by atoms with Crippen LogP contribution in [0.25, 0.3) is 17.1 Å². The molecule has 3 aromatic carbocycles. The molecule has 0 unspecified atom stereocenters. The molecule has 5 heteroatoms. The van der Waals surface area contributed by atoms with Crippen molar-refractivity contribution in [3.63, 3.8) is 0 Å². The molecular formula is C23H20N4O. The van der Waals surface area contributed by atoms with Crippen molar-refractivity contribution in [1.82, 2.24) is 14.8 Å². The third kappa shape index (κ3) is 3.69. The molecule has 5 nitrogen and oxygen atoms in total. The number of aryl methyl sites for hydroxylation is 2. The number of carbonyl (C=O) groups is 1. The van der Waals surface area contributed by atoms with Crippen molar-refractivity contribution in [1.29, 1.82) is 0 Å². The smallest absolute Gasteiger partial charge is 0.295 e. The third-order valence-electron chi connectivity index (χ3n) is 4.43. The Morgan fingerprint density at radius 2 is 1.43 bits per heavy atom. The van der Waals surface area contributed by atoms with Gasteiger partial charge in [0.05, 0.1) is 5.69 Å². The SMILES string of the molecule is Cc1ccc(-c2nc(C(=O)Nc3ccccc3)nn2-c2ccc(C)cc2)cc1. The van der Waals surface area contributed by atoms with Crippen LogP contribution in [0.1, 0.15) is 21.7 Å². The lowest BCUT2D eigenvalue weighted by Gasteiger charge is -2.06. The van der Waals surface area contributed by atoms with Crippen LogP contribution in [0, 0.1) is 13.8 Å². The molecule has 1 aromatic heterocycles. The Morgan fingerprint density at radius 1 is 0.821 bits per heavy atom. The number of rotatable bonds is 4. The highest BCUT2D eigenvalue weighted by Crippen LogP contribution is 2.22. The zero-order valence-electron chi connectivity index (χ0n) is 15.8. The average molecular weight is 368 g/mol. The second-order valence-electron chi connectivity index (χ2n) is 6.69. The van der Waals surface area contributed by atoms with E-state index in [-0.39, 0.29) is 11.7 Å². The van der Waals surface area contributed by atoms with Gasteiger partial charge in [0.2, 0.25) is 5.82 Å². The summed E-state index contributed by atoms with van der Waals surface area (Å²) in [6.45, 7) is 4.07. The van der Waals surface area contributed by atoms with Crippen molar-refractivity contribution in [2.45, 2.75) is 13.8 Å². The van der Waals surface area contributed by atoms with E-state index in [9.17, 15) is 4.79 Å². The molecule has 28 heavy (non-hydrogen) atoms. The molecular weight excluding hydrogens is 348 g/mol. The molecule has 1 amide bonds. The molecule has 0 aliphatic heterocycles. The number of para-hydroxylation sites is 1. The summed E-state index contributed by atoms with van der Waals surface area (Å²) in [5, 5.41) is 7.34. The standard InChI is InChI=1S/C23H20N4O/c1-16-8-12-18(13-9-16)22-25-21(23(28)24-19-6-4-3-5-7-19)26-27(22)20-14-10-17(2)11-15-20/h3-15H,1-2H3,(H,24,28). The van der Waals surface area contributed by atoms with Crippen LogP contribution in [0.5, 0.6) is 0 Å². The molecule has 138 valence electrons. The molecule has 0 aliphatic rings. The van der Waals surface area contributed by atoms with Crippen LogP contribution in [0.3, 0.4) is 0 Å². The summed E-state index contributed by atoms with van der Waals surface area (Å²) in [4.78, 5) is 17.2. The van der Waals surface area contributed by atoms with E-state index in [1.54, 1.807) is 4.68 Å². The van der Waals surface area contributed by atoms with Gasteiger partial charge in [-0.1, -0.05) is 65.7 Å². The Kier molecular flexibility index (Phi) is 4.72. The lowest BCUT2D eigenvalue weighted by atomic mass is 10.1. The Bertz CT molecular complexity index is 1030. The third-order valence-corrected chi connectivity index (χ3v) is 4.43. The van der Waals surface area contributed by atoms with Gasteiger partial charge in [-0.2, -0.15) is 0 Å². The summed E-state index contributed by atoms with van der Waals surface area (Å²) < 4.78 is 1.71. The molecule has 0 atom stereocenters. The maximum absolute atomic E-state index is 12.7. The number of hydrogen-bond donors (Lipinski definition) is 1. The van der Waals surface area contributed by atoms with E-state index in [1.807, 2.05) is 92.7 Å². The fraction of sp³-hybridized carbons (Fsp3) is 0.0870. The number of carbonyl (C=O) groups excluding carboxylic acids is 1. The summed E-state index contributed by atoms with van der Waals surface area (Å²) in [7, 11) is 0. The average Bonchev–Trinajstić information content (AvgIpc) is 3.15. The fourth-order valence-electron chi connectivity index (χ4n) is 2.87. The normalized spacial score (nSPS) is 10.6. The number of benzene rings is 3. The predicted octanol–water partition coefficient (Wildman–Crippen LogP) is 4.80. The summed E-state index contributed by atoms with van der Waals surface area (Å²) in [5.41, 5.74) is 4.77. The Hall–Kier alpha value is -3.73. The topological polar surface area (TPSA) is 59.8 Å². The van der Waals surface area contributed by atoms with Crippen LogP contribution < -0.4 is 5.32 Å². The van der Waals surface area contributed by atoms with Crippen molar-refractivity contribution in [3.05, 3.63) is 95.8 Å². The number of anilines is 1. The van der Waals surface area contributed by atoms with Gasteiger partial charge in [0.1, 0.15) is 0 Å². The fourth-order valence-corrected chi connectivity index (χ4v) is 2.87. The number of nitrogens with one attached hydrogen (secondary N) is 1. The van der Waals surface area contributed by atoms with E-state index in [0.29, 0.717) is 11.5 Å². The van der Waals surface area contributed by atoms with Crippen LogP contribution in [0.15, 0.2) is 78.9 Å². The molecule has 1 heterocycles. The van der Waals surface area contributed by atoms with Crippen LogP contribution in [-0.4, -0.2) is 20.7 Å². The summed E-state index contributed by atoms with van der Waals surface area (Å²) in [6.07, 6.45) is 0. The minimum atomic E-state index is -0.342. The van der Waals surface area contributed by atoms with Crippen molar-refractivity contribution in [2.75, 3.05) is 5.32 Å². The van der Waals surface area contributed by atoms with Gasteiger partial charge >= 0.3 is 0 Å². The minimum Gasteiger partial charge on any atom is -0.319 e. The zero-order chi connectivity index (χ0) is 19.5. The van der Waals surface area contributed by atoms with Gasteiger partial charge in [-0.15, -0.1) is 5.10 Å². The highest BCUT2D eigenvalue weighted by atomic mass is 16.2. The van der Waals surface area contributed by atoms with E-state index in [2.05, 4.69) is 15.4 Å². The van der Waals surface area contributed by atoms with Crippen LogP contribution in [-0.2, 0) is 0 Å². The van der Waals surface area contributed by atoms with Gasteiger partial charge < -0.3 is 5.32 Å². The van der Waals surface area contributed by atoms with Gasteiger partial charge in [0.25, 0.3) is 5.91 Å². The van der Waals surface area contributed by atoms with Crippen LogP contribution in [0.2, 0.25) is 0 Å². The van der Waals surface area contributed by atoms with Gasteiger partial charge in [0, 0.05) is 11.3 Å². The molecule has 4 aromatic rings. The number of nitrogens with zero attached hydrogens (tertiary/aromatic N) is 3. The predicted molar refractivity (Wildman–Crippen MR) is 111 cm³/mol. The summed E-state index contributed by atoms with van der Waals surface area (Å²) >= 11 is 0. The minimum absolute atomic E-state index is 0.125. The van der Waals surface area contributed by atoms with E-state index in [4.69, 9.17) is 0 Å². The first-order valence-corrected chi connectivity index (χ1v) is 9.08. The molecule has 0 radical (unpaired) electrons. The number of hydrogen-bond acceptors (Lipinski definition) is 3. The molecule has 0 saturated heterocycles. The van der Waals surface area contributed by atoms with E-state index in [1.165, 1.54) is 0 Å². The van der Waals surface area contributed by atoms with Gasteiger partial charge in [0.15, 0.2) is 5.82 Å². The van der Waals surface area contributed by atoms with Gasteiger partial charge in [-0.3, -0.25) is 4.79 Å². The number of aromatic nitrogens is 3. The largest absolute Gasteiger partial charge is 0.319 e. The van der Waals surface area contributed by atoms with Crippen LogP contribution >= 0.6 is 0 Å². The molecule has 0 bridgehead atoms. The molecule has 0 saturated carbocycles. The Labute approximate surface area is 163 Å². The van der Waals surface area contributed by atoms with E-state index in [0.717, 1.165) is 22.4 Å². The Morgan fingerprint density at radius 3 is 2.07 bits per heavy atom. The maximum Gasteiger partial charge on any atom is 0.295 e.